The average Bonchev–Trinajstić information content (AvgIpc) is 2.15. The van der Waals surface area contributed by atoms with Gasteiger partial charge in [0.05, 0.1) is 12.9 Å². The van der Waals surface area contributed by atoms with Gasteiger partial charge in [-0.05, 0) is 13.0 Å². The third-order valence-electron chi connectivity index (χ3n) is 1.47. The predicted octanol–water partition coefficient (Wildman–Crippen LogP) is 2.09. The maximum absolute atomic E-state index is 8.91. The lowest BCUT2D eigenvalue weighted by atomic mass is 10.2. The van der Waals surface area contributed by atoms with Crippen LogP contribution in [0.3, 0.4) is 0 Å². The molecule has 64 valence electrons. The highest BCUT2D eigenvalue weighted by molar-refractivity contribution is 5.33. The molecule has 1 rings (SSSR count). The van der Waals surface area contributed by atoms with Crippen LogP contribution >= 0.6 is 0 Å². The zero-order valence-corrected chi connectivity index (χ0v) is 7.03. The summed E-state index contributed by atoms with van der Waals surface area (Å²) in [4.78, 5) is 0. The van der Waals surface area contributed by atoms with E-state index in [-0.39, 0.29) is 6.61 Å². The van der Waals surface area contributed by atoms with E-state index >= 15 is 0 Å². The topological polar surface area (TPSA) is 29.5 Å². The Morgan fingerprint density at radius 3 is 2.83 bits per heavy atom. The van der Waals surface area contributed by atoms with Gasteiger partial charge in [0.2, 0.25) is 0 Å². The highest BCUT2D eigenvalue weighted by Crippen LogP contribution is 2.17. The molecule has 0 atom stereocenters. The van der Waals surface area contributed by atoms with Crippen molar-refractivity contribution in [2.75, 3.05) is 0 Å². The zero-order chi connectivity index (χ0) is 8.81. The summed E-state index contributed by atoms with van der Waals surface area (Å²) in [5.41, 5.74) is 0.801. The highest BCUT2D eigenvalue weighted by atomic mass is 16.5. The number of rotatable bonds is 3. The fourth-order valence-corrected chi connectivity index (χ4v) is 0.891. The first kappa shape index (κ1) is 8.81. The average molecular weight is 164 g/mol. The Balaban J connectivity index is 2.81. The minimum absolute atomic E-state index is 0.00767. The quantitative estimate of drug-likeness (QED) is 0.693. The van der Waals surface area contributed by atoms with Crippen molar-refractivity contribution in [2.45, 2.75) is 13.5 Å². The number of hydrogen-bond acceptors (Lipinski definition) is 2. The molecule has 1 aromatic carbocycles. The Kier molecular flexibility index (Phi) is 3.35. The largest absolute Gasteiger partial charge is 0.465 e. The van der Waals surface area contributed by atoms with Gasteiger partial charge < -0.3 is 9.84 Å². The summed E-state index contributed by atoms with van der Waals surface area (Å²) in [6.07, 6.45) is 3.39. The van der Waals surface area contributed by atoms with E-state index in [0.29, 0.717) is 5.75 Å². The third-order valence-corrected chi connectivity index (χ3v) is 1.47. The normalized spacial score (nSPS) is 10.5. The van der Waals surface area contributed by atoms with E-state index in [9.17, 15) is 0 Å². The highest BCUT2D eigenvalue weighted by Gasteiger charge is 1.97. The first-order valence-electron chi connectivity index (χ1n) is 3.85. The monoisotopic (exact) mass is 164 g/mol. The van der Waals surface area contributed by atoms with Crippen LogP contribution in [0.5, 0.6) is 5.75 Å². The molecule has 1 aromatic rings. The van der Waals surface area contributed by atoms with E-state index in [1.165, 1.54) is 0 Å². The van der Waals surface area contributed by atoms with E-state index in [0.717, 1.165) is 5.56 Å². The van der Waals surface area contributed by atoms with Crippen molar-refractivity contribution in [2.24, 2.45) is 0 Å². The van der Waals surface area contributed by atoms with Crippen LogP contribution < -0.4 is 4.74 Å². The Hall–Kier alpha value is -1.28. The smallest absolute Gasteiger partial charge is 0.132 e. The molecule has 0 saturated heterocycles. The van der Waals surface area contributed by atoms with E-state index in [1.807, 2.05) is 31.2 Å². The zero-order valence-electron chi connectivity index (χ0n) is 7.03. The summed E-state index contributed by atoms with van der Waals surface area (Å²) in [6, 6.07) is 7.40. The van der Waals surface area contributed by atoms with Gasteiger partial charge in [0, 0.05) is 5.56 Å². The molecular formula is C10H12O2. The molecule has 0 amide bonds. The summed E-state index contributed by atoms with van der Waals surface area (Å²) in [6.45, 7) is 1.88. The van der Waals surface area contributed by atoms with Crippen LogP contribution in [-0.4, -0.2) is 5.11 Å². The Morgan fingerprint density at radius 1 is 1.42 bits per heavy atom. The molecule has 2 nitrogen and oxygen atoms in total. The minimum atomic E-state index is 0.00767. The molecule has 0 spiro atoms. The second-order valence-corrected chi connectivity index (χ2v) is 2.35. The molecule has 0 radical (unpaired) electrons. The van der Waals surface area contributed by atoms with Gasteiger partial charge in [-0.1, -0.05) is 24.3 Å². The van der Waals surface area contributed by atoms with Crippen molar-refractivity contribution in [1.82, 2.24) is 0 Å². The standard InChI is InChI=1S/C10H12O2/c1-2-7-12-10-6-4-3-5-9(10)8-11/h2-7,11H,8H2,1H3/b7-2+. The SMILES string of the molecule is C/C=C/Oc1ccccc1CO. The van der Waals surface area contributed by atoms with Crippen LogP contribution in [0.1, 0.15) is 12.5 Å². The second-order valence-electron chi connectivity index (χ2n) is 2.35. The van der Waals surface area contributed by atoms with Crippen LogP contribution in [0, 0.1) is 0 Å². The first-order valence-corrected chi connectivity index (χ1v) is 3.85. The summed E-state index contributed by atoms with van der Waals surface area (Å²) in [7, 11) is 0. The van der Waals surface area contributed by atoms with Gasteiger partial charge in [-0.3, -0.25) is 0 Å². The van der Waals surface area contributed by atoms with Gasteiger partial charge in [-0.2, -0.15) is 0 Å². The number of aliphatic hydroxyl groups excluding tert-OH is 1. The van der Waals surface area contributed by atoms with Crippen molar-refractivity contribution in [3.63, 3.8) is 0 Å². The number of aliphatic hydroxyl groups is 1. The predicted molar refractivity (Wildman–Crippen MR) is 47.8 cm³/mol. The summed E-state index contributed by atoms with van der Waals surface area (Å²) >= 11 is 0. The second kappa shape index (κ2) is 4.57. The van der Waals surface area contributed by atoms with Crippen LogP contribution in [0.15, 0.2) is 36.6 Å². The maximum Gasteiger partial charge on any atom is 0.132 e. The molecule has 2 heteroatoms. The summed E-state index contributed by atoms with van der Waals surface area (Å²) < 4.78 is 5.24. The number of allylic oxidation sites excluding steroid dienone is 1. The number of benzene rings is 1. The van der Waals surface area contributed by atoms with Gasteiger partial charge in [0.1, 0.15) is 5.75 Å². The number of hydrogen-bond donors (Lipinski definition) is 1. The molecular weight excluding hydrogens is 152 g/mol. The van der Waals surface area contributed by atoms with E-state index in [2.05, 4.69) is 0 Å². The lowest BCUT2D eigenvalue weighted by molar-refractivity contribution is 0.276. The summed E-state index contributed by atoms with van der Waals surface area (Å²) in [5, 5.41) is 8.91. The first-order chi connectivity index (χ1) is 5.88. The molecule has 0 bridgehead atoms. The molecule has 0 fully saturated rings. The lowest BCUT2D eigenvalue weighted by Gasteiger charge is -2.04. The van der Waals surface area contributed by atoms with E-state index in [1.54, 1.807) is 12.3 Å². The van der Waals surface area contributed by atoms with Crippen LogP contribution in [0.2, 0.25) is 0 Å². The molecule has 1 N–H and O–H groups in total. The molecule has 0 aromatic heterocycles. The van der Waals surface area contributed by atoms with Gasteiger partial charge in [-0.15, -0.1) is 0 Å². The fourth-order valence-electron chi connectivity index (χ4n) is 0.891. The van der Waals surface area contributed by atoms with Crippen LogP contribution in [-0.2, 0) is 6.61 Å². The Labute approximate surface area is 72.1 Å². The van der Waals surface area contributed by atoms with Gasteiger partial charge >= 0.3 is 0 Å². The third kappa shape index (κ3) is 2.10. The molecule has 0 heterocycles. The van der Waals surface area contributed by atoms with Gasteiger partial charge in [0.25, 0.3) is 0 Å². The van der Waals surface area contributed by atoms with Crippen molar-refractivity contribution >= 4 is 0 Å². The Morgan fingerprint density at radius 2 is 2.17 bits per heavy atom. The van der Waals surface area contributed by atoms with Gasteiger partial charge in [0.15, 0.2) is 0 Å². The number of ether oxygens (including phenoxy) is 1. The van der Waals surface area contributed by atoms with E-state index < -0.39 is 0 Å². The van der Waals surface area contributed by atoms with Crippen molar-refractivity contribution < 1.29 is 9.84 Å². The Bertz CT molecular complexity index is 266. The maximum atomic E-state index is 8.91. The van der Waals surface area contributed by atoms with E-state index in [4.69, 9.17) is 9.84 Å². The fraction of sp³-hybridized carbons (Fsp3) is 0.200. The van der Waals surface area contributed by atoms with Crippen molar-refractivity contribution in [3.05, 3.63) is 42.2 Å². The van der Waals surface area contributed by atoms with Crippen LogP contribution in [0.4, 0.5) is 0 Å². The molecule has 12 heavy (non-hydrogen) atoms. The molecule has 0 aliphatic carbocycles. The molecule has 0 saturated carbocycles. The van der Waals surface area contributed by atoms with Gasteiger partial charge in [-0.25, -0.2) is 0 Å². The van der Waals surface area contributed by atoms with Crippen molar-refractivity contribution in [1.29, 1.82) is 0 Å². The number of para-hydroxylation sites is 1. The minimum Gasteiger partial charge on any atom is -0.465 e. The van der Waals surface area contributed by atoms with Crippen molar-refractivity contribution in [3.8, 4) is 5.75 Å². The lowest BCUT2D eigenvalue weighted by Crippen LogP contribution is -1.89. The summed E-state index contributed by atoms with van der Waals surface area (Å²) in [5.74, 6) is 0.707. The molecule has 0 unspecified atom stereocenters. The molecule has 0 aliphatic rings. The molecule has 0 aliphatic heterocycles. The van der Waals surface area contributed by atoms with Crippen LogP contribution in [0.25, 0.3) is 0 Å².